The molecule has 1 aliphatic carbocycles. The molecule has 1 aromatic rings. The molecule has 116 valence electrons. The zero-order chi connectivity index (χ0) is 15.6. The van der Waals surface area contributed by atoms with Gasteiger partial charge in [0.05, 0.1) is 10.5 Å². The molecule has 0 aromatic heterocycles. The zero-order valence-corrected chi connectivity index (χ0v) is 13.3. The Bertz CT molecular complexity index is 645. The molecule has 21 heavy (non-hydrogen) atoms. The molecule has 1 fully saturated rings. The lowest BCUT2D eigenvalue weighted by Crippen LogP contribution is -2.35. The van der Waals surface area contributed by atoms with Gasteiger partial charge in [-0.25, -0.2) is 17.5 Å². The summed E-state index contributed by atoms with van der Waals surface area (Å²) in [5, 5.41) is 0. The van der Waals surface area contributed by atoms with Crippen molar-refractivity contribution in [3.8, 4) is 0 Å². The number of hydrogen-bond acceptors (Lipinski definition) is 4. The van der Waals surface area contributed by atoms with Gasteiger partial charge in [0.15, 0.2) is 0 Å². The molecule has 0 saturated heterocycles. The van der Waals surface area contributed by atoms with Crippen molar-refractivity contribution in [1.82, 2.24) is 9.62 Å². The second kappa shape index (κ2) is 6.35. The van der Waals surface area contributed by atoms with Crippen LogP contribution in [0.2, 0.25) is 0 Å². The number of rotatable bonds is 7. The zero-order valence-electron chi connectivity index (χ0n) is 11.7. The summed E-state index contributed by atoms with van der Waals surface area (Å²) in [6.45, 7) is 0.851. The fourth-order valence-corrected chi connectivity index (χ4v) is 3.62. The van der Waals surface area contributed by atoms with Gasteiger partial charge in [-0.1, -0.05) is 18.3 Å². The molecule has 0 radical (unpaired) electrons. The van der Waals surface area contributed by atoms with Gasteiger partial charge in [0, 0.05) is 19.1 Å². The van der Waals surface area contributed by atoms with Crippen LogP contribution in [0.15, 0.2) is 23.1 Å². The van der Waals surface area contributed by atoms with E-state index in [1.807, 2.05) is 7.05 Å². The lowest BCUT2D eigenvalue weighted by molar-refractivity contribution is 0.329. The molecular formula is C13H18FN3O2S2. The Morgan fingerprint density at radius 1 is 1.52 bits per heavy atom. The van der Waals surface area contributed by atoms with Crippen LogP contribution in [0.25, 0.3) is 0 Å². The molecule has 1 aromatic carbocycles. The standard InChI is InChI=1S/C13H18FN3O2S2/c1-17(9-5-6-9)8-7-16-21(18,19)11-4-2-3-10(14)12(11)13(15)20/h2-4,9,16H,5-8H2,1H3,(H2,15,20). The summed E-state index contributed by atoms with van der Waals surface area (Å²) in [7, 11) is -1.89. The predicted molar refractivity (Wildman–Crippen MR) is 83.1 cm³/mol. The molecule has 0 unspecified atom stereocenters. The molecule has 0 amide bonds. The molecule has 0 spiro atoms. The van der Waals surface area contributed by atoms with E-state index in [0.29, 0.717) is 12.6 Å². The maximum atomic E-state index is 13.7. The van der Waals surface area contributed by atoms with Gasteiger partial charge in [-0.2, -0.15) is 0 Å². The number of nitrogens with one attached hydrogen (secondary N) is 1. The third kappa shape index (κ3) is 3.97. The second-order valence-corrected chi connectivity index (χ2v) is 7.26. The molecule has 1 saturated carbocycles. The number of hydrogen-bond donors (Lipinski definition) is 2. The number of sulfonamides is 1. The molecule has 0 bridgehead atoms. The largest absolute Gasteiger partial charge is 0.389 e. The van der Waals surface area contributed by atoms with E-state index < -0.39 is 15.8 Å². The Labute approximate surface area is 129 Å². The van der Waals surface area contributed by atoms with E-state index in [9.17, 15) is 12.8 Å². The van der Waals surface area contributed by atoms with Gasteiger partial charge < -0.3 is 10.6 Å². The molecular weight excluding hydrogens is 313 g/mol. The summed E-state index contributed by atoms with van der Waals surface area (Å²) in [6.07, 6.45) is 2.30. The van der Waals surface area contributed by atoms with Crippen LogP contribution in [-0.2, 0) is 10.0 Å². The highest BCUT2D eigenvalue weighted by Crippen LogP contribution is 2.24. The van der Waals surface area contributed by atoms with Gasteiger partial charge in [-0.05, 0) is 32.0 Å². The molecule has 8 heteroatoms. The number of nitrogens with zero attached hydrogens (tertiary/aromatic N) is 1. The van der Waals surface area contributed by atoms with Crippen molar-refractivity contribution in [3.05, 3.63) is 29.6 Å². The van der Waals surface area contributed by atoms with Gasteiger partial charge in [0.2, 0.25) is 10.0 Å². The third-order valence-electron chi connectivity index (χ3n) is 3.44. The minimum absolute atomic E-state index is 0.218. The van der Waals surface area contributed by atoms with Gasteiger partial charge >= 0.3 is 0 Å². The second-order valence-electron chi connectivity index (χ2n) is 5.09. The van der Waals surface area contributed by atoms with Crippen molar-refractivity contribution in [1.29, 1.82) is 0 Å². The highest BCUT2D eigenvalue weighted by atomic mass is 32.2. The lowest BCUT2D eigenvalue weighted by Gasteiger charge is -2.16. The van der Waals surface area contributed by atoms with Crippen LogP contribution in [0.5, 0.6) is 0 Å². The van der Waals surface area contributed by atoms with E-state index in [1.54, 1.807) is 0 Å². The Kier molecular flexibility index (Phi) is 4.92. The minimum Gasteiger partial charge on any atom is -0.389 e. The molecule has 5 nitrogen and oxygen atoms in total. The van der Waals surface area contributed by atoms with Gasteiger partial charge in [-0.3, -0.25) is 0 Å². The van der Waals surface area contributed by atoms with E-state index in [-0.39, 0.29) is 22.0 Å². The smallest absolute Gasteiger partial charge is 0.241 e. The topological polar surface area (TPSA) is 75.4 Å². The van der Waals surface area contributed by atoms with Crippen LogP contribution >= 0.6 is 12.2 Å². The average molecular weight is 331 g/mol. The van der Waals surface area contributed by atoms with E-state index in [1.165, 1.54) is 12.1 Å². The van der Waals surface area contributed by atoms with Crippen molar-refractivity contribution >= 4 is 27.2 Å². The maximum absolute atomic E-state index is 13.7. The fraction of sp³-hybridized carbons (Fsp3) is 0.462. The summed E-state index contributed by atoms with van der Waals surface area (Å²) >= 11 is 4.74. The lowest BCUT2D eigenvalue weighted by atomic mass is 10.2. The van der Waals surface area contributed by atoms with Crippen molar-refractivity contribution in [2.24, 2.45) is 5.73 Å². The normalized spacial score (nSPS) is 15.4. The Morgan fingerprint density at radius 3 is 2.76 bits per heavy atom. The van der Waals surface area contributed by atoms with Crippen molar-refractivity contribution < 1.29 is 12.8 Å². The van der Waals surface area contributed by atoms with Crippen LogP contribution in [0.3, 0.4) is 0 Å². The average Bonchev–Trinajstić information content (AvgIpc) is 3.21. The molecule has 0 atom stereocenters. The maximum Gasteiger partial charge on any atom is 0.241 e. The number of likely N-dealkylation sites (N-methyl/N-ethyl adjacent to an activating group) is 1. The van der Waals surface area contributed by atoms with Crippen molar-refractivity contribution in [2.45, 2.75) is 23.8 Å². The van der Waals surface area contributed by atoms with Gasteiger partial charge in [0.25, 0.3) is 0 Å². The summed E-state index contributed by atoms with van der Waals surface area (Å²) in [5.41, 5.74) is 5.19. The summed E-state index contributed by atoms with van der Waals surface area (Å²) in [4.78, 5) is 1.61. The SMILES string of the molecule is CN(CCNS(=O)(=O)c1cccc(F)c1C(N)=S)C1CC1. The van der Waals surface area contributed by atoms with Crippen molar-refractivity contribution in [3.63, 3.8) is 0 Å². The van der Waals surface area contributed by atoms with Gasteiger partial charge in [0.1, 0.15) is 10.8 Å². The Balaban J connectivity index is 2.12. The Morgan fingerprint density at radius 2 is 2.19 bits per heavy atom. The van der Waals surface area contributed by atoms with Crippen LogP contribution in [-0.4, -0.2) is 44.5 Å². The number of halogens is 1. The van der Waals surface area contributed by atoms with Crippen molar-refractivity contribution in [2.75, 3.05) is 20.1 Å². The monoisotopic (exact) mass is 331 g/mol. The molecule has 3 N–H and O–H groups in total. The first-order valence-electron chi connectivity index (χ1n) is 6.61. The first kappa shape index (κ1) is 16.3. The number of benzene rings is 1. The van der Waals surface area contributed by atoms with E-state index in [0.717, 1.165) is 18.9 Å². The first-order chi connectivity index (χ1) is 9.83. The molecule has 0 aliphatic heterocycles. The minimum atomic E-state index is -3.84. The third-order valence-corrected chi connectivity index (χ3v) is 5.15. The predicted octanol–water partition coefficient (Wildman–Crippen LogP) is 0.832. The van der Waals surface area contributed by atoms with E-state index in [2.05, 4.69) is 9.62 Å². The quantitative estimate of drug-likeness (QED) is 0.724. The molecule has 1 aliphatic rings. The molecule has 2 rings (SSSR count). The van der Waals surface area contributed by atoms with Gasteiger partial charge in [-0.15, -0.1) is 0 Å². The van der Waals surface area contributed by atoms with Crippen LogP contribution in [0.1, 0.15) is 18.4 Å². The first-order valence-corrected chi connectivity index (χ1v) is 8.50. The Hall–Kier alpha value is -1.09. The molecule has 0 heterocycles. The summed E-state index contributed by atoms with van der Waals surface area (Å²) < 4.78 is 40.7. The van der Waals surface area contributed by atoms with E-state index in [4.69, 9.17) is 18.0 Å². The van der Waals surface area contributed by atoms with E-state index >= 15 is 0 Å². The fourth-order valence-electron chi connectivity index (χ4n) is 2.10. The summed E-state index contributed by atoms with van der Waals surface area (Å²) in [5.74, 6) is -0.736. The number of thiocarbonyl (C=S) groups is 1. The highest BCUT2D eigenvalue weighted by Gasteiger charge is 2.26. The van der Waals surface area contributed by atoms with Crippen LogP contribution < -0.4 is 10.5 Å². The van der Waals surface area contributed by atoms with Crippen LogP contribution in [0, 0.1) is 5.82 Å². The van der Waals surface area contributed by atoms with Crippen LogP contribution in [0.4, 0.5) is 4.39 Å². The number of nitrogens with two attached hydrogens (primary N) is 1. The summed E-state index contributed by atoms with van der Waals surface area (Å²) in [6, 6.07) is 4.30. The highest BCUT2D eigenvalue weighted by molar-refractivity contribution is 7.89.